The number of alkyl halides is 3. The first-order valence-corrected chi connectivity index (χ1v) is 8.89. The molecule has 0 spiro atoms. The molecule has 6 nitrogen and oxygen atoms in total. The standard InChI is InChI=1S/C16H15F6N5OS.HI/c1-23-15(24-5-4-12-27-10(7-29-12)16(20,21)22)25-6-11(28)26-9-3-2-8(17)13(18)14(9)19;/h2-3,7H,4-6H2,1H3,(H,26,28)(H2,23,24,25);1H. The van der Waals surface area contributed by atoms with Gasteiger partial charge in [0.05, 0.1) is 17.2 Å². The summed E-state index contributed by atoms with van der Waals surface area (Å²) >= 11 is 0.870. The first-order chi connectivity index (χ1) is 13.6. The number of rotatable bonds is 6. The number of hydrogen-bond acceptors (Lipinski definition) is 4. The third-order valence-electron chi connectivity index (χ3n) is 3.42. The fraction of sp³-hybridized carbons (Fsp3) is 0.312. The SMILES string of the molecule is CN=C(NCCc1nc(C(F)(F)F)cs1)NCC(=O)Nc1ccc(F)c(F)c1F.I. The summed E-state index contributed by atoms with van der Waals surface area (Å²) in [5, 5.41) is 8.63. The third-order valence-corrected chi connectivity index (χ3v) is 4.33. The van der Waals surface area contributed by atoms with Gasteiger partial charge in [-0.15, -0.1) is 35.3 Å². The van der Waals surface area contributed by atoms with E-state index in [0.29, 0.717) is 6.07 Å². The number of nitrogens with one attached hydrogen (secondary N) is 3. The molecule has 0 radical (unpaired) electrons. The molecule has 14 heteroatoms. The molecule has 0 bridgehead atoms. The highest BCUT2D eigenvalue weighted by Crippen LogP contribution is 2.30. The number of carbonyl (C=O) groups is 1. The number of aliphatic imine (C=N–C) groups is 1. The van der Waals surface area contributed by atoms with Crippen LogP contribution in [0, 0.1) is 17.5 Å². The first kappa shape index (κ1) is 25.9. The normalized spacial score (nSPS) is 11.6. The maximum atomic E-state index is 13.5. The number of aromatic nitrogens is 1. The van der Waals surface area contributed by atoms with Crippen molar-refractivity contribution in [1.82, 2.24) is 15.6 Å². The summed E-state index contributed by atoms with van der Waals surface area (Å²) in [6.07, 6.45) is -4.31. The van der Waals surface area contributed by atoms with Gasteiger partial charge in [-0.2, -0.15) is 13.2 Å². The highest BCUT2D eigenvalue weighted by atomic mass is 127. The van der Waals surface area contributed by atoms with E-state index in [-0.39, 0.29) is 54.5 Å². The van der Waals surface area contributed by atoms with Gasteiger partial charge in [0.15, 0.2) is 29.1 Å². The number of amides is 1. The lowest BCUT2D eigenvalue weighted by atomic mass is 10.2. The minimum absolute atomic E-state index is 0. The Bertz CT molecular complexity index is 905. The van der Waals surface area contributed by atoms with Crippen LogP contribution in [0.1, 0.15) is 10.7 Å². The van der Waals surface area contributed by atoms with Crippen LogP contribution < -0.4 is 16.0 Å². The molecule has 0 saturated heterocycles. The number of halogens is 7. The summed E-state index contributed by atoms with van der Waals surface area (Å²) in [7, 11) is 1.40. The van der Waals surface area contributed by atoms with E-state index >= 15 is 0 Å². The molecule has 3 N–H and O–H groups in total. The quantitative estimate of drug-likeness (QED) is 0.164. The van der Waals surface area contributed by atoms with Gasteiger partial charge in [0.1, 0.15) is 0 Å². The largest absolute Gasteiger partial charge is 0.434 e. The Morgan fingerprint density at radius 3 is 2.47 bits per heavy atom. The molecule has 0 aliphatic rings. The van der Waals surface area contributed by atoms with Crippen molar-refractivity contribution in [2.24, 2.45) is 4.99 Å². The molecule has 30 heavy (non-hydrogen) atoms. The summed E-state index contributed by atoms with van der Waals surface area (Å²) in [5.41, 5.74) is -1.48. The molecule has 0 fully saturated rings. The second-order valence-electron chi connectivity index (χ2n) is 5.50. The van der Waals surface area contributed by atoms with Gasteiger partial charge in [0, 0.05) is 25.4 Å². The predicted octanol–water partition coefficient (Wildman–Crippen LogP) is 3.54. The molecule has 2 rings (SSSR count). The van der Waals surface area contributed by atoms with Crippen molar-refractivity contribution < 1.29 is 31.1 Å². The summed E-state index contributed by atoms with van der Waals surface area (Å²) in [6, 6.07) is 1.55. The second kappa shape index (κ2) is 11.3. The monoisotopic (exact) mass is 567 g/mol. The van der Waals surface area contributed by atoms with Crippen LogP contribution in [0.3, 0.4) is 0 Å². The van der Waals surface area contributed by atoms with Crippen molar-refractivity contribution in [3.05, 3.63) is 45.7 Å². The Morgan fingerprint density at radius 2 is 1.87 bits per heavy atom. The Balaban J connectivity index is 0.00000450. The number of hydrogen-bond donors (Lipinski definition) is 3. The summed E-state index contributed by atoms with van der Waals surface area (Å²) in [4.78, 5) is 19.1. The molecule has 1 amide bonds. The van der Waals surface area contributed by atoms with Gasteiger partial charge in [0.2, 0.25) is 5.91 Å². The molecule has 1 aromatic heterocycles. The van der Waals surface area contributed by atoms with Crippen molar-refractivity contribution in [3.63, 3.8) is 0 Å². The van der Waals surface area contributed by atoms with E-state index in [9.17, 15) is 31.1 Å². The van der Waals surface area contributed by atoms with E-state index in [0.717, 1.165) is 22.8 Å². The van der Waals surface area contributed by atoms with Gasteiger partial charge in [-0.25, -0.2) is 18.2 Å². The summed E-state index contributed by atoms with van der Waals surface area (Å²) < 4.78 is 77.1. The van der Waals surface area contributed by atoms with Crippen LogP contribution in [0.15, 0.2) is 22.5 Å². The van der Waals surface area contributed by atoms with Gasteiger partial charge >= 0.3 is 6.18 Å². The Morgan fingerprint density at radius 1 is 1.17 bits per heavy atom. The van der Waals surface area contributed by atoms with E-state index in [2.05, 4.69) is 25.9 Å². The van der Waals surface area contributed by atoms with Gasteiger partial charge in [0.25, 0.3) is 0 Å². The molecule has 0 unspecified atom stereocenters. The van der Waals surface area contributed by atoms with Gasteiger partial charge in [-0.1, -0.05) is 0 Å². The minimum Gasteiger partial charge on any atom is -0.356 e. The average Bonchev–Trinajstić information content (AvgIpc) is 3.14. The predicted molar refractivity (Wildman–Crippen MR) is 111 cm³/mol. The zero-order valence-electron chi connectivity index (χ0n) is 15.2. The molecule has 2 aromatic rings. The smallest absolute Gasteiger partial charge is 0.356 e. The zero-order valence-corrected chi connectivity index (χ0v) is 18.4. The number of anilines is 1. The van der Waals surface area contributed by atoms with Crippen LogP contribution >= 0.6 is 35.3 Å². The van der Waals surface area contributed by atoms with E-state index in [1.165, 1.54) is 7.05 Å². The van der Waals surface area contributed by atoms with Gasteiger partial charge in [-0.05, 0) is 12.1 Å². The van der Waals surface area contributed by atoms with Gasteiger partial charge < -0.3 is 16.0 Å². The van der Waals surface area contributed by atoms with E-state index in [1.807, 2.05) is 0 Å². The van der Waals surface area contributed by atoms with Crippen molar-refractivity contribution in [2.75, 3.05) is 25.5 Å². The highest BCUT2D eigenvalue weighted by molar-refractivity contribution is 14.0. The van der Waals surface area contributed by atoms with E-state index < -0.39 is 40.9 Å². The topological polar surface area (TPSA) is 78.4 Å². The third kappa shape index (κ3) is 7.30. The van der Waals surface area contributed by atoms with Gasteiger partial charge in [-0.3, -0.25) is 9.79 Å². The molecule has 0 atom stereocenters. The fourth-order valence-electron chi connectivity index (χ4n) is 2.05. The number of benzene rings is 1. The summed E-state index contributed by atoms with van der Waals surface area (Å²) in [5.74, 6) is -5.22. The van der Waals surface area contributed by atoms with Crippen LogP contribution in [0.5, 0.6) is 0 Å². The molecule has 0 aliphatic carbocycles. The summed E-state index contributed by atoms with van der Waals surface area (Å²) in [6.45, 7) is -0.197. The zero-order chi connectivity index (χ0) is 21.6. The van der Waals surface area contributed by atoms with Crippen molar-refractivity contribution in [3.8, 4) is 0 Å². The molecule has 0 saturated carbocycles. The van der Waals surface area contributed by atoms with E-state index in [1.54, 1.807) is 0 Å². The number of carbonyl (C=O) groups excluding carboxylic acids is 1. The maximum Gasteiger partial charge on any atom is 0.434 e. The van der Waals surface area contributed by atoms with Crippen LogP contribution in [-0.2, 0) is 17.4 Å². The Labute approximate surface area is 188 Å². The minimum atomic E-state index is -4.50. The first-order valence-electron chi connectivity index (χ1n) is 8.01. The van der Waals surface area contributed by atoms with Crippen molar-refractivity contribution in [1.29, 1.82) is 0 Å². The number of thiazole rings is 1. The van der Waals surface area contributed by atoms with Crippen LogP contribution in [0.4, 0.5) is 32.0 Å². The lowest BCUT2D eigenvalue weighted by Gasteiger charge is -2.12. The van der Waals surface area contributed by atoms with Crippen LogP contribution in [0.2, 0.25) is 0 Å². The average molecular weight is 567 g/mol. The van der Waals surface area contributed by atoms with Crippen molar-refractivity contribution in [2.45, 2.75) is 12.6 Å². The number of guanidine groups is 1. The molecule has 166 valence electrons. The molecule has 1 heterocycles. The highest BCUT2D eigenvalue weighted by Gasteiger charge is 2.33. The molecule has 1 aromatic carbocycles. The number of nitrogens with zero attached hydrogens (tertiary/aromatic N) is 2. The van der Waals surface area contributed by atoms with Crippen LogP contribution in [-0.4, -0.2) is 37.0 Å². The Kier molecular flexibility index (Phi) is 9.80. The van der Waals surface area contributed by atoms with Crippen molar-refractivity contribution >= 4 is 52.9 Å². The van der Waals surface area contributed by atoms with Crippen LogP contribution in [0.25, 0.3) is 0 Å². The second-order valence-corrected chi connectivity index (χ2v) is 6.44. The Hall–Kier alpha value is -2.10. The maximum absolute atomic E-state index is 13.5. The van der Waals surface area contributed by atoms with E-state index in [4.69, 9.17) is 0 Å². The lowest BCUT2D eigenvalue weighted by Crippen LogP contribution is -2.42. The molecule has 0 aliphatic heterocycles. The molecular weight excluding hydrogens is 551 g/mol. The fourth-order valence-corrected chi connectivity index (χ4v) is 2.85. The lowest BCUT2D eigenvalue weighted by molar-refractivity contribution is -0.140. The molecular formula is C16H16F6IN5OS.